The zero-order chi connectivity index (χ0) is 21.4. The predicted molar refractivity (Wildman–Crippen MR) is 127 cm³/mol. The molecule has 0 aliphatic rings. The number of carbonyl (C=O) groups excluding carboxylic acids is 1. The maximum atomic E-state index is 11.6. The highest BCUT2D eigenvalue weighted by Crippen LogP contribution is 2.38. The van der Waals surface area contributed by atoms with E-state index >= 15 is 0 Å². The number of aromatic nitrogens is 1. The lowest BCUT2D eigenvalue weighted by molar-refractivity contribution is -0.112. The first-order valence-electron chi connectivity index (χ1n) is 9.65. The summed E-state index contributed by atoms with van der Waals surface area (Å²) in [7, 11) is 0. The molecule has 0 aliphatic carbocycles. The summed E-state index contributed by atoms with van der Waals surface area (Å²) in [5.41, 5.74) is 3.39. The summed E-state index contributed by atoms with van der Waals surface area (Å²) in [5.74, 6) is 0.374. The maximum absolute atomic E-state index is 11.6. The van der Waals surface area contributed by atoms with Crippen molar-refractivity contribution in [2.45, 2.75) is 50.1 Å². The Morgan fingerprint density at radius 2 is 2.03 bits per heavy atom. The third-order valence-corrected chi connectivity index (χ3v) is 5.66. The largest absolute Gasteiger partial charge is 0.331 e. The fraction of sp³-hybridized carbons (Fsp3) is 0.240. The number of rotatable bonds is 9. The quantitative estimate of drug-likeness (QED) is 0.303. The lowest BCUT2D eigenvalue weighted by atomic mass is 10.1. The van der Waals surface area contributed by atoms with E-state index in [1.165, 1.54) is 5.56 Å². The Labute approximate surface area is 183 Å². The molecule has 0 saturated heterocycles. The van der Waals surface area contributed by atoms with E-state index in [2.05, 4.69) is 43.2 Å². The van der Waals surface area contributed by atoms with Gasteiger partial charge in [-0.2, -0.15) is 0 Å². The molecule has 0 unspecified atom stereocenters. The summed E-state index contributed by atoms with van der Waals surface area (Å²) in [6, 6.07) is 10.1. The van der Waals surface area contributed by atoms with E-state index in [9.17, 15) is 4.79 Å². The van der Waals surface area contributed by atoms with Crippen molar-refractivity contribution < 1.29 is 4.79 Å². The molecule has 0 spiro atoms. The van der Waals surface area contributed by atoms with Crippen LogP contribution >= 0.6 is 23.4 Å². The molecule has 1 heterocycles. The highest BCUT2D eigenvalue weighted by atomic mass is 35.5. The number of hydrogen-bond donors (Lipinski definition) is 0. The molecule has 1 aromatic heterocycles. The minimum atomic E-state index is 0.0307. The standard InChI is InChI=1S/C25H28ClNOS/c1-6-9-20(10-7-2)17-27-22(14-13-19(5)28)16-24(18(3)4)25(27)29-23-12-8-11-21(26)15-23/h6-16,18H,1,17H2,2-5H3/b10-7-,14-13+,20-9+. The van der Waals surface area contributed by atoms with Crippen molar-refractivity contribution >= 4 is 35.2 Å². The Morgan fingerprint density at radius 1 is 1.28 bits per heavy atom. The summed E-state index contributed by atoms with van der Waals surface area (Å²) in [6.07, 6.45) is 11.5. The van der Waals surface area contributed by atoms with E-state index in [-0.39, 0.29) is 5.78 Å². The van der Waals surface area contributed by atoms with Crippen molar-refractivity contribution in [3.63, 3.8) is 0 Å². The van der Waals surface area contributed by atoms with Gasteiger partial charge in [-0.25, -0.2) is 0 Å². The summed E-state index contributed by atoms with van der Waals surface area (Å²) >= 11 is 7.91. The van der Waals surface area contributed by atoms with E-state index < -0.39 is 0 Å². The second kappa shape index (κ2) is 11.1. The normalized spacial score (nSPS) is 12.4. The van der Waals surface area contributed by atoms with Crippen LogP contribution in [0.1, 0.15) is 44.9 Å². The number of benzene rings is 1. The molecule has 1 aromatic carbocycles. The average molecular weight is 426 g/mol. The van der Waals surface area contributed by atoms with Gasteiger partial charge < -0.3 is 4.57 Å². The molecule has 0 bridgehead atoms. The van der Waals surface area contributed by atoms with Gasteiger partial charge in [0, 0.05) is 22.2 Å². The molecule has 0 atom stereocenters. The number of nitrogens with zero attached hydrogens (tertiary/aromatic N) is 1. The molecular weight excluding hydrogens is 398 g/mol. The first-order valence-corrected chi connectivity index (χ1v) is 10.8. The van der Waals surface area contributed by atoms with Gasteiger partial charge in [0.1, 0.15) is 0 Å². The van der Waals surface area contributed by atoms with Gasteiger partial charge in [-0.1, -0.05) is 74.2 Å². The van der Waals surface area contributed by atoms with Crippen LogP contribution in [0.5, 0.6) is 0 Å². The van der Waals surface area contributed by atoms with E-state index in [1.807, 2.05) is 43.4 Å². The van der Waals surface area contributed by atoms with Gasteiger partial charge in [-0.15, -0.1) is 0 Å². The summed E-state index contributed by atoms with van der Waals surface area (Å²) in [4.78, 5) is 12.6. The van der Waals surface area contributed by atoms with Crippen LogP contribution in [-0.2, 0) is 11.3 Å². The second-order valence-electron chi connectivity index (χ2n) is 7.05. The Morgan fingerprint density at radius 3 is 2.62 bits per heavy atom. The highest BCUT2D eigenvalue weighted by Gasteiger charge is 2.18. The lowest BCUT2D eigenvalue weighted by Gasteiger charge is -2.15. The van der Waals surface area contributed by atoms with Gasteiger partial charge in [0.2, 0.25) is 0 Å². The van der Waals surface area contributed by atoms with Gasteiger partial charge in [0.25, 0.3) is 0 Å². The lowest BCUT2D eigenvalue weighted by Crippen LogP contribution is -2.05. The Kier molecular flexibility index (Phi) is 8.81. The van der Waals surface area contributed by atoms with Gasteiger partial charge in [0.15, 0.2) is 5.78 Å². The number of halogens is 1. The SMILES string of the molecule is C=C/C=C(\C=C/C)Cn1c(/C=C/C(C)=O)cc(C(C)C)c1Sc1cccc(Cl)c1. The van der Waals surface area contributed by atoms with E-state index in [0.29, 0.717) is 12.5 Å². The van der Waals surface area contributed by atoms with Crippen LogP contribution in [0, 0.1) is 0 Å². The molecule has 152 valence electrons. The Hall–Kier alpha value is -2.23. The highest BCUT2D eigenvalue weighted by molar-refractivity contribution is 7.99. The predicted octanol–water partition coefficient (Wildman–Crippen LogP) is 7.71. The molecule has 29 heavy (non-hydrogen) atoms. The summed E-state index contributed by atoms with van der Waals surface area (Å²) in [6.45, 7) is 12.5. The first-order chi connectivity index (χ1) is 13.8. The van der Waals surface area contributed by atoms with Gasteiger partial charge in [-0.05, 0) is 67.3 Å². The van der Waals surface area contributed by atoms with Crippen molar-refractivity contribution in [3.8, 4) is 0 Å². The molecule has 2 rings (SSSR count). The molecular formula is C25H28ClNOS. The molecule has 0 radical (unpaired) electrons. The molecule has 2 aromatic rings. The summed E-state index contributed by atoms with van der Waals surface area (Å²) in [5, 5.41) is 1.88. The zero-order valence-electron chi connectivity index (χ0n) is 17.5. The first kappa shape index (κ1) is 23.1. The summed E-state index contributed by atoms with van der Waals surface area (Å²) < 4.78 is 2.26. The zero-order valence-corrected chi connectivity index (χ0v) is 19.1. The minimum absolute atomic E-state index is 0.0307. The molecule has 0 saturated carbocycles. The third kappa shape index (κ3) is 6.66. The van der Waals surface area contributed by atoms with E-state index in [0.717, 1.165) is 26.2 Å². The van der Waals surface area contributed by atoms with Crippen LogP contribution in [0.15, 0.2) is 82.8 Å². The molecule has 0 fully saturated rings. The molecule has 0 aliphatic heterocycles. The van der Waals surface area contributed by atoms with Gasteiger partial charge >= 0.3 is 0 Å². The number of allylic oxidation sites excluding steroid dienone is 6. The van der Waals surface area contributed by atoms with Crippen LogP contribution < -0.4 is 0 Å². The number of hydrogen-bond acceptors (Lipinski definition) is 2. The minimum Gasteiger partial charge on any atom is -0.331 e. The van der Waals surface area contributed by atoms with E-state index in [4.69, 9.17) is 11.6 Å². The van der Waals surface area contributed by atoms with Crippen molar-refractivity contribution in [1.82, 2.24) is 4.57 Å². The molecule has 0 amide bonds. The van der Waals surface area contributed by atoms with Crippen LogP contribution in [-0.4, -0.2) is 10.4 Å². The molecule has 2 nitrogen and oxygen atoms in total. The topological polar surface area (TPSA) is 22.0 Å². The van der Waals surface area contributed by atoms with Crippen LogP contribution in [0.25, 0.3) is 6.08 Å². The van der Waals surface area contributed by atoms with Crippen LogP contribution in [0.3, 0.4) is 0 Å². The molecule has 0 N–H and O–H groups in total. The average Bonchev–Trinajstić information content (AvgIpc) is 2.98. The second-order valence-corrected chi connectivity index (χ2v) is 8.55. The van der Waals surface area contributed by atoms with Crippen LogP contribution in [0.2, 0.25) is 5.02 Å². The smallest absolute Gasteiger partial charge is 0.152 e. The maximum Gasteiger partial charge on any atom is 0.152 e. The number of ketones is 1. The fourth-order valence-corrected chi connectivity index (χ4v) is 4.46. The monoisotopic (exact) mass is 425 g/mol. The van der Waals surface area contributed by atoms with Crippen LogP contribution in [0.4, 0.5) is 0 Å². The Bertz CT molecular complexity index is 963. The molecule has 4 heteroatoms. The van der Waals surface area contributed by atoms with Crippen molar-refractivity contribution in [2.24, 2.45) is 0 Å². The van der Waals surface area contributed by atoms with Crippen molar-refractivity contribution in [2.75, 3.05) is 0 Å². The van der Waals surface area contributed by atoms with Crippen molar-refractivity contribution in [1.29, 1.82) is 0 Å². The van der Waals surface area contributed by atoms with Crippen molar-refractivity contribution in [3.05, 3.63) is 89.1 Å². The van der Waals surface area contributed by atoms with Gasteiger partial charge in [0.05, 0.1) is 5.03 Å². The Balaban J connectivity index is 2.64. The fourth-order valence-electron chi connectivity index (χ4n) is 2.95. The van der Waals surface area contributed by atoms with E-state index in [1.54, 1.807) is 30.8 Å². The third-order valence-electron chi connectivity index (χ3n) is 4.28. The van der Waals surface area contributed by atoms with Gasteiger partial charge in [-0.3, -0.25) is 4.79 Å². The number of carbonyl (C=O) groups is 1.